The van der Waals surface area contributed by atoms with Crippen LogP contribution < -0.4 is 4.31 Å². The van der Waals surface area contributed by atoms with Gasteiger partial charge >= 0.3 is 0 Å². The van der Waals surface area contributed by atoms with Gasteiger partial charge in [0, 0.05) is 9.77 Å². The number of nitrogens with zero attached hydrogens (tertiary/aromatic N) is 1. The Morgan fingerprint density at radius 1 is 1.04 bits per heavy atom. The first-order valence-electron chi connectivity index (χ1n) is 8.25. The molecule has 0 amide bonds. The maximum absolute atomic E-state index is 13.4. The molecule has 3 aromatic rings. The van der Waals surface area contributed by atoms with Crippen LogP contribution in [-0.2, 0) is 10.0 Å². The van der Waals surface area contributed by atoms with Crippen LogP contribution in [0.1, 0.15) is 10.4 Å². The molecular weight excluding hydrogens is 509 g/mol. The SMILES string of the molecule is Cc1ccc(S(=O)(=O)N2c3ccccc3SC2/C=C/c2ccc(I)s2)cc1. The molecule has 2 heterocycles. The van der Waals surface area contributed by atoms with Gasteiger partial charge in [-0.05, 0) is 78.1 Å². The summed E-state index contributed by atoms with van der Waals surface area (Å²) in [5.74, 6) is 0. The molecule has 1 atom stereocenters. The Hall–Kier alpha value is -1.29. The van der Waals surface area contributed by atoms with Crippen LogP contribution in [0.2, 0.25) is 0 Å². The first kappa shape index (κ1) is 19.0. The highest BCUT2D eigenvalue weighted by Crippen LogP contribution is 2.46. The lowest BCUT2D eigenvalue weighted by Gasteiger charge is -2.24. The van der Waals surface area contributed by atoms with Gasteiger partial charge in [-0.2, -0.15) is 0 Å². The van der Waals surface area contributed by atoms with Gasteiger partial charge in [-0.1, -0.05) is 41.6 Å². The number of fused-ring (bicyclic) bond motifs is 1. The van der Waals surface area contributed by atoms with Crippen molar-refractivity contribution in [3.63, 3.8) is 0 Å². The summed E-state index contributed by atoms with van der Waals surface area (Å²) in [7, 11) is -3.65. The summed E-state index contributed by atoms with van der Waals surface area (Å²) >= 11 is 5.53. The number of rotatable bonds is 4. The molecule has 27 heavy (non-hydrogen) atoms. The second kappa shape index (κ2) is 7.62. The molecule has 0 spiro atoms. The van der Waals surface area contributed by atoms with Gasteiger partial charge in [0.05, 0.1) is 13.5 Å². The minimum Gasteiger partial charge on any atom is -0.248 e. The van der Waals surface area contributed by atoms with Gasteiger partial charge in [-0.3, -0.25) is 0 Å². The molecule has 3 nitrogen and oxygen atoms in total. The molecule has 0 radical (unpaired) electrons. The summed E-state index contributed by atoms with van der Waals surface area (Å²) in [5.41, 5.74) is 1.77. The average Bonchev–Trinajstić information content (AvgIpc) is 3.23. The molecule has 0 bridgehead atoms. The molecule has 1 aromatic heterocycles. The zero-order valence-corrected chi connectivity index (χ0v) is 19.0. The molecule has 1 unspecified atom stereocenters. The van der Waals surface area contributed by atoms with E-state index in [1.165, 1.54) is 7.19 Å². The maximum Gasteiger partial charge on any atom is 0.265 e. The van der Waals surface area contributed by atoms with Crippen LogP contribution in [0.15, 0.2) is 76.5 Å². The predicted molar refractivity (Wildman–Crippen MR) is 123 cm³/mol. The minimum atomic E-state index is -3.65. The highest BCUT2D eigenvalue weighted by atomic mass is 127. The number of anilines is 1. The molecule has 0 N–H and O–H groups in total. The number of hydrogen-bond donors (Lipinski definition) is 0. The molecule has 0 saturated heterocycles. The van der Waals surface area contributed by atoms with Crippen LogP contribution in [0.3, 0.4) is 0 Å². The number of aryl methyl sites for hydroxylation is 1. The van der Waals surface area contributed by atoms with E-state index in [9.17, 15) is 8.42 Å². The molecule has 0 aliphatic carbocycles. The lowest BCUT2D eigenvalue weighted by atomic mass is 10.2. The van der Waals surface area contributed by atoms with Crippen molar-refractivity contribution in [2.24, 2.45) is 0 Å². The topological polar surface area (TPSA) is 37.4 Å². The van der Waals surface area contributed by atoms with Gasteiger partial charge in [-0.15, -0.1) is 11.3 Å². The molecule has 7 heteroatoms. The summed E-state index contributed by atoms with van der Waals surface area (Å²) in [6.45, 7) is 1.95. The molecular formula is C20H16INO2S3. The molecule has 1 aliphatic rings. The van der Waals surface area contributed by atoms with Crippen molar-refractivity contribution in [3.8, 4) is 0 Å². The van der Waals surface area contributed by atoms with Crippen molar-refractivity contribution in [2.45, 2.75) is 22.1 Å². The van der Waals surface area contributed by atoms with E-state index in [0.717, 1.165) is 21.0 Å². The fourth-order valence-corrected chi connectivity index (χ4v) is 7.51. The monoisotopic (exact) mass is 525 g/mol. The van der Waals surface area contributed by atoms with Gasteiger partial charge in [-0.25, -0.2) is 12.7 Å². The Kier molecular flexibility index (Phi) is 5.37. The molecule has 0 fully saturated rings. The second-order valence-electron chi connectivity index (χ2n) is 6.09. The number of sulfonamides is 1. The van der Waals surface area contributed by atoms with Crippen LogP contribution in [0.25, 0.3) is 6.08 Å². The van der Waals surface area contributed by atoms with E-state index in [2.05, 4.69) is 34.7 Å². The van der Waals surface area contributed by atoms with Gasteiger partial charge in [0.25, 0.3) is 10.0 Å². The van der Waals surface area contributed by atoms with Crippen LogP contribution in [0.5, 0.6) is 0 Å². The Bertz CT molecular complexity index is 1100. The minimum absolute atomic E-state index is 0.312. The summed E-state index contributed by atoms with van der Waals surface area (Å²) < 4.78 is 29.6. The third kappa shape index (κ3) is 3.83. The van der Waals surface area contributed by atoms with Crippen LogP contribution in [-0.4, -0.2) is 13.8 Å². The van der Waals surface area contributed by atoms with Gasteiger partial charge in [0.1, 0.15) is 5.37 Å². The summed E-state index contributed by atoms with van der Waals surface area (Å²) in [5, 5.41) is -0.312. The Morgan fingerprint density at radius 2 is 1.78 bits per heavy atom. The lowest BCUT2D eigenvalue weighted by molar-refractivity contribution is 0.592. The molecule has 2 aromatic carbocycles. The zero-order valence-electron chi connectivity index (χ0n) is 14.4. The standard InChI is InChI=1S/C20H16INO2S3/c1-14-6-10-16(11-7-14)27(23,24)22-17-4-2-3-5-18(17)26-20(22)13-9-15-8-12-19(21)25-15/h2-13,20H,1H3/b13-9+. The van der Waals surface area contributed by atoms with E-state index < -0.39 is 10.0 Å². The number of para-hydroxylation sites is 1. The van der Waals surface area contributed by atoms with Crippen LogP contribution in [0, 0.1) is 9.81 Å². The Labute approximate surface area is 181 Å². The van der Waals surface area contributed by atoms with Gasteiger partial charge < -0.3 is 0 Å². The van der Waals surface area contributed by atoms with Crippen molar-refractivity contribution < 1.29 is 8.42 Å². The Balaban J connectivity index is 1.75. The zero-order chi connectivity index (χ0) is 19.0. The Morgan fingerprint density at radius 3 is 2.48 bits per heavy atom. The molecule has 4 rings (SSSR count). The van der Waals surface area contributed by atoms with E-state index >= 15 is 0 Å². The smallest absolute Gasteiger partial charge is 0.248 e. The number of hydrogen-bond acceptors (Lipinski definition) is 4. The highest BCUT2D eigenvalue weighted by Gasteiger charge is 2.37. The van der Waals surface area contributed by atoms with Crippen molar-refractivity contribution in [3.05, 3.63) is 80.1 Å². The molecule has 0 saturated carbocycles. The molecule has 138 valence electrons. The number of benzene rings is 2. The van der Waals surface area contributed by atoms with E-state index in [1.54, 1.807) is 35.2 Å². The van der Waals surface area contributed by atoms with Gasteiger partial charge in [0.15, 0.2) is 0 Å². The van der Waals surface area contributed by atoms with Crippen molar-refractivity contribution >= 4 is 67.5 Å². The average molecular weight is 525 g/mol. The first-order chi connectivity index (χ1) is 12.9. The largest absolute Gasteiger partial charge is 0.265 e. The summed E-state index contributed by atoms with van der Waals surface area (Å²) in [6.07, 6.45) is 3.98. The normalized spacial score (nSPS) is 16.8. The van der Waals surface area contributed by atoms with Crippen LogP contribution >= 0.6 is 45.7 Å². The van der Waals surface area contributed by atoms with Crippen molar-refractivity contribution in [1.82, 2.24) is 0 Å². The quantitative estimate of drug-likeness (QED) is 0.392. The number of thiophene rings is 1. The second-order valence-corrected chi connectivity index (χ2v) is 12.1. The highest BCUT2D eigenvalue weighted by molar-refractivity contribution is 14.1. The summed E-state index contributed by atoms with van der Waals surface area (Å²) in [4.78, 5) is 2.40. The van der Waals surface area contributed by atoms with E-state index in [4.69, 9.17) is 0 Å². The fourth-order valence-electron chi connectivity index (χ4n) is 2.86. The van der Waals surface area contributed by atoms with E-state index in [1.807, 2.05) is 55.5 Å². The number of halogens is 1. The van der Waals surface area contributed by atoms with Crippen molar-refractivity contribution in [1.29, 1.82) is 0 Å². The van der Waals surface area contributed by atoms with Gasteiger partial charge in [0.2, 0.25) is 0 Å². The van der Waals surface area contributed by atoms with E-state index in [-0.39, 0.29) is 5.37 Å². The maximum atomic E-state index is 13.4. The van der Waals surface area contributed by atoms with Crippen molar-refractivity contribution in [2.75, 3.05) is 4.31 Å². The van der Waals surface area contributed by atoms with E-state index in [0.29, 0.717) is 4.90 Å². The third-order valence-corrected chi connectivity index (χ3v) is 9.19. The first-order valence-corrected chi connectivity index (χ1v) is 12.5. The number of thioether (sulfide) groups is 1. The van der Waals surface area contributed by atoms with Crippen LogP contribution in [0.4, 0.5) is 5.69 Å². The third-order valence-electron chi connectivity index (χ3n) is 4.18. The summed E-state index contributed by atoms with van der Waals surface area (Å²) in [6, 6.07) is 18.8. The predicted octanol–water partition coefficient (Wildman–Crippen LogP) is 6.00. The molecule has 1 aliphatic heterocycles. The lowest BCUT2D eigenvalue weighted by Crippen LogP contribution is -2.34. The fraction of sp³-hybridized carbons (Fsp3) is 0.100.